The predicted octanol–water partition coefficient (Wildman–Crippen LogP) is 1.76. The molecule has 0 spiro atoms. The number of anilines is 1. The first-order valence-corrected chi connectivity index (χ1v) is 10.1. The highest BCUT2D eigenvalue weighted by molar-refractivity contribution is 7.88. The van der Waals surface area contributed by atoms with Crippen molar-refractivity contribution in [1.82, 2.24) is 24.5 Å². The largest absolute Gasteiger partial charge is 0.367 e. The van der Waals surface area contributed by atoms with Gasteiger partial charge in [-0.15, -0.1) is 0 Å². The van der Waals surface area contributed by atoms with E-state index in [1.165, 1.54) is 6.33 Å². The van der Waals surface area contributed by atoms with Gasteiger partial charge in [-0.3, -0.25) is 5.10 Å². The van der Waals surface area contributed by atoms with E-state index < -0.39 is 10.0 Å². The maximum atomic E-state index is 12.6. The number of rotatable bonds is 5. The number of fused-ring (bicyclic) bond motifs is 1. The number of aromatic nitrogens is 4. The van der Waals surface area contributed by atoms with Gasteiger partial charge < -0.3 is 5.32 Å². The minimum Gasteiger partial charge on any atom is -0.367 e. The number of nitrogens with zero attached hydrogens (tertiary/aromatic N) is 4. The van der Waals surface area contributed by atoms with Crippen LogP contribution in [0.15, 0.2) is 42.9 Å². The van der Waals surface area contributed by atoms with E-state index in [0.717, 1.165) is 29.6 Å². The maximum absolute atomic E-state index is 12.6. The van der Waals surface area contributed by atoms with Gasteiger partial charge in [-0.1, -0.05) is 30.3 Å². The SMILES string of the molecule is O=S(=O)(Cc1ccccc1)N1CCC(Nc2ncnc3[nH]ncc23)CC1. The van der Waals surface area contributed by atoms with Crippen molar-refractivity contribution >= 4 is 26.9 Å². The Morgan fingerprint density at radius 2 is 1.92 bits per heavy atom. The molecule has 1 aromatic carbocycles. The second kappa shape index (κ2) is 7.00. The van der Waals surface area contributed by atoms with Crippen LogP contribution in [0.2, 0.25) is 0 Å². The Balaban J connectivity index is 1.39. The minimum atomic E-state index is -3.29. The summed E-state index contributed by atoms with van der Waals surface area (Å²) in [7, 11) is -3.29. The number of hydrogen-bond acceptors (Lipinski definition) is 6. The van der Waals surface area contributed by atoms with Crippen LogP contribution >= 0.6 is 0 Å². The zero-order chi connectivity index (χ0) is 18.0. The Morgan fingerprint density at radius 3 is 2.69 bits per heavy atom. The standard InChI is InChI=1S/C17H20N6O2S/c24-26(25,11-13-4-2-1-3-5-13)23-8-6-14(7-9-23)21-16-15-10-20-22-17(15)19-12-18-16/h1-5,10,12,14H,6-9,11H2,(H2,18,19,20,21,22). The van der Waals surface area contributed by atoms with Gasteiger partial charge in [0.25, 0.3) is 0 Å². The van der Waals surface area contributed by atoms with E-state index in [1.54, 1.807) is 10.5 Å². The summed E-state index contributed by atoms with van der Waals surface area (Å²) in [5, 5.41) is 11.0. The first kappa shape index (κ1) is 16.9. The second-order valence-electron chi connectivity index (χ2n) is 6.41. The van der Waals surface area contributed by atoms with Gasteiger partial charge in [0.15, 0.2) is 5.65 Å². The first-order valence-electron chi connectivity index (χ1n) is 8.54. The zero-order valence-electron chi connectivity index (χ0n) is 14.2. The topological polar surface area (TPSA) is 104 Å². The number of H-pyrrole nitrogens is 1. The van der Waals surface area contributed by atoms with Crippen LogP contribution in [0.3, 0.4) is 0 Å². The summed E-state index contributed by atoms with van der Waals surface area (Å²) in [4.78, 5) is 8.41. The molecule has 9 heteroatoms. The third-order valence-corrected chi connectivity index (χ3v) is 6.48. The van der Waals surface area contributed by atoms with Crippen molar-refractivity contribution in [2.45, 2.75) is 24.6 Å². The van der Waals surface area contributed by atoms with Crippen molar-refractivity contribution in [3.8, 4) is 0 Å². The first-order chi connectivity index (χ1) is 12.6. The van der Waals surface area contributed by atoms with Gasteiger partial charge in [-0.05, 0) is 18.4 Å². The molecule has 136 valence electrons. The van der Waals surface area contributed by atoms with E-state index in [9.17, 15) is 8.42 Å². The predicted molar refractivity (Wildman–Crippen MR) is 99.0 cm³/mol. The molecule has 0 radical (unpaired) electrons. The fraction of sp³-hybridized carbons (Fsp3) is 0.353. The summed E-state index contributed by atoms with van der Waals surface area (Å²) in [5.41, 5.74) is 1.50. The van der Waals surface area contributed by atoms with Crippen molar-refractivity contribution in [3.05, 3.63) is 48.4 Å². The van der Waals surface area contributed by atoms with Crippen molar-refractivity contribution in [2.24, 2.45) is 0 Å². The smallest absolute Gasteiger partial charge is 0.218 e. The third kappa shape index (κ3) is 3.54. The second-order valence-corrected chi connectivity index (χ2v) is 8.38. The average molecular weight is 372 g/mol. The van der Waals surface area contributed by atoms with Gasteiger partial charge in [0.2, 0.25) is 10.0 Å². The molecule has 4 rings (SSSR count). The molecule has 0 amide bonds. The van der Waals surface area contributed by atoms with Gasteiger partial charge in [-0.2, -0.15) is 5.10 Å². The normalized spacial score (nSPS) is 16.8. The van der Waals surface area contributed by atoms with E-state index >= 15 is 0 Å². The van der Waals surface area contributed by atoms with Gasteiger partial charge in [-0.25, -0.2) is 22.7 Å². The van der Waals surface area contributed by atoms with Gasteiger partial charge in [0.05, 0.1) is 17.3 Å². The molecule has 3 aromatic rings. The quantitative estimate of drug-likeness (QED) is 0.707. The Bertz CT molecular complexity index is 981. The molecule has 2 N–H and O–H groups in total. The van der Waals surface area contributed by atoms with E-state index in [0.29, 0.717) is 18.7 Å². The van der Waals surface area contributed by atoms with E-state index in [1.807, 2.05) is 30.3 Å². The summed E-state index contributed by atoms with van der Waals surface area (Å²) in [5.74, 6) is 0.780. The van der Waals surface area contributed by atoms with E-state index in [4.69, 9.17) is 0 Å². The molecule has 1 fully saturated rings. The summed E-state index contributed by atoms with van der Waals surface area (Å²) in [6, 6.07) is 9.47. The molecular formula is C17H20N6O2S. The molecule has 26 heavy (non-hydrogen) atoms. The Kier molecular flexibility index (Phi) is 4.56. The van der Waals surface area contributed by atoms with Crippen LogP contribution in [0.5, 0.6) is 0 Å². The molecule has 1 aliphatic heterocycles. The Labute approximate surface area is 151 Å². The van der Waals surface area contributed by atoms with Crippen LogP contribution in [0.1, 0.15) is 18.4 Å². The fourth-order valence-electron chi connectivity index (χ4n) is 3.23. The zero-order valence-corrected chi connectivity index (χ0v) is 15.0. The van der Waals surface area contributed by atoms with Crippen molar-refractivity contribution in [2.75, 3.05) is 18.4 Å². The monoisotopic (exact) mass is 372 g/mol. The lowest BCUT2D eigenvalue weighted by Gasteiger charge is -2.32. The maximum Gasteiger partial charge on any atom is 0.218 e. The number of aromatic amines is 1. The van der Waals surface area contributed by atoms with E-state index in [-0.39, 0.29) is 11.8 Å². The molecule has 1 saturated heterocycles. The molecule has 0 saturated carbocycles. The third-order valence-electron chi connectivity index (χ3n) is 4.63. The number of sulfonamides is 1. The molecule has 3 heterocycles. The van der Waals surface area contributed by atoms with Crippen LogP contribution in [0, 0.1) is 0 Å². The molecule has 0 atom stereocenters. The van der Waals surface area contributed by atoms with E-state index in [2.05, 4.69) is 25.5 Å². The summed E-state index contributed by atoms with van der Waals surface area (Å²) < 4.78 is 26.9. The van der Waals surface area contributed by atoms with Crippen LogP contribution in [-0.4, -0.2) is 52.0 Å². The molecule has 2 aromatic heterocycles. The van der Waals surface area contributed by atoms with Crippen LogP contribution in [-0.2, 0) is 15.8 Å². The average Bonchev–Trinajstić information content (AvgIpc) is 3.13. The molecule has 0 unspecified atom stereocenters. The highest BCUT2D eigenvalue weighted by Gasteiger charge is 2.28. The molecule has 0 aliphatic carbocycles. The molecule has 8 nitrogen and oxygen atoms in total. The Morgan fingerprint density at radius 1 is 1.15 bits per heavy atom. The number of hydrogen-bond donors (Lipinski definition) is 2. The summed E-state index contributed by atoms with van der Waals surface area (Å²) in [6.45, 7) is 1.01. The van der Waals surface area contributed by atoms with Crippen molar-refractivity contribution in [1.29, 1.82) is 0 Å². The lowest BCUT2D eigenvalue weighted by atomic mass is 10.1. The lowest BCUT2D eigenvalue weighted by Crippen LogP contribution is -2.42. The fourth-order valence-corrected chi connectivity index (χ4v) is 4.79. The number of piperidine rings is 1. The van der Waals surface area contributed by atoms with Crippen molar-refractivity contribution in [3.63, 3.8) is 0 Å². The van der Waals surface area contributed by atoms with Crippen LogP contribution < -0.4 is 5.32 Å². The minimum absolute atomic E-state index is 0.0491. The highest BCUT2D eigenvalue weighted by Crippen LogP contribution is 2.22. The highest BCUT2D eigenvalue weighted by atomic mass is 32.2. The van der Waals surface area contributed by atoms with Crippen LogP contribution in [0.25, 0.3) is 11.0 Å². The lowest BCUT2D eigenvalue weighted by molar-refractivity contribution is 0.329. The summed E-state index contributed by atoms with van der Waals surface area (Å²) >= 11 is 0. The number of benzene rings is 1. The van der Waals surface area contributed by atoms with Gasteiger partial charge >= 0.3 is 0 Å². The Hall–Kier alpha value is -2.52. The molecule has 1 aliphatic rings. The molecule has 0 bridgehead atoms. The van der Waals surface area contributed by atoms with Gasteiger partial charge in [0, 0.05) is 19.1 Å². The van der Waals surface area contributed by atoms with Gasteiger partial charge in [0.1, 0.15) is 12.1 Å². The summed E-state index contributed by atoms with van der Waals surface area (Å²) in [6.07, 6.45) is 4.65. The van der Waals surface area contributed by atoms with Crippen LogP contribution in [0.4, 0.5) is 5.82 Å². The number of nitrogens with one attached hydrogen (secondary N) is 2. The molecular weight excluding hydrogens is 352 g/mol. The van der Waals surface area contributed by atoms with Crippen molar-refractivity contribution < 1.29 is 8.42 Å².